The number of aromatic nitrogens is 2. The molecule has 0 saturated carbocycles. The van der Waals surface area contributed by atoms with Crippen LogP contribution in [-0.4, -0.2) is 35.4 Å². The molecule has 0 spiro atoms. The number of halogens is 2. The van der Waals surface area contributed by atoms with Crippen LogP contribution in [-0.2, 0) is 4.74 Å². The first-order chi connectivity index (χ1) is 13.5. The van der Waals surface area contributed by atoms with Gasteiger partial charge in [0.05, 0.1) is 34.6 Å². The molecular weight excluding hydrogens is 403 g/mol. The molecule has 142 valence electrons. The molecule has 3 rings (SSSR count). The van der Waals surface area contributed by atoms with E-state index in [2.05, 4.69) is 25.5 Å². The zero-order valence-electron chi connectivity index (χ0n) is 14.6. The average molecular weight is 417 g/mol. The fraction of sp³-hybridized carbons (Fsp3) is 0.0526. The van der Waals surface area contributed by atoms with Crippen LogP contribution < -0.4 is 5.43 Å². The van der Waals surface area contributed by atoms with Gasteiger partial charge < -0.3 is 4.74 Å². The Morgan fingerprint density at radius 3 is 2.54 bits per heavy atom. The zero-order valence-corrected chi connectivity index (χ0v) is 16.1. The van der Waals surface area contributed by atoms with Gasteiger partial charge in [0, 0.05) is 5.56 Å². The fourth-order valence-electron chi connectivity index (χ4n) is 2.29. The molecule has 28 heavy (non-hydrogen) atoms. The van der Waals surface area contributed by atoms with Gasteiger partial charge in [-0.25, -0.2) is 10.2 Å². The molecule has 3 aromatic rings. The smallest absolute Gasteiger partial charge is 0.337 e. The van der Waals surface area contributed by atoms with Crippen LogP contribution in [0.3, 0.4) is 0 Å². The number of methoxy groups -OCH3 is 1. The van der Waals surface area contributed by atoms with E-state index < -0.39 is 11.9 Å². The van der Waals surface area contributed by atoms with E-state index in [1.54, 1.807) is 48.5 Å². The van der Waals surface area contributed by atoms with Crippen LogP contribution in [0, 0.1) is 0 Å². The van der Waals surface area contributed by atoms with Gasteiger partial charge in [0.1, 0.15) is 5.69 Å². The number of ether oxygens (including phenoxy) is 1. The summed E-state index contributed by atoms with van der Waals surface area (Å²) in [5, 5.41) is 11.5. The molecule has 2 aromatic carbocycles. The number of rotatable bonds is 5. The molecule has 0 saturated heterocycles. The summed E-state index contributed by atoms with van der Waals surface area (Å²) in [6.45, 7) is 0. The van der Waals surface area contributed by atoms with Gasteiger partial charge in [-0.2, -0.15) is 10.2 Å². The maximum Gasteiger partial charge on any atom is 0.337 e. The number of hydrogen-bond acceptors (Lipinski definition) is 5. The van der Waals surface area contributed by atoms with E-state index in [1.807, 2.05) is 0 Å². The maximum atomic E-state index is 12.2. The number of nitrogens with one attached hydrogen (secondary N) is 2. The van der Waals surface area contributed by atoms with Crippen molar-refractivity contribution in [1.29, 1.82) is 0 Å². The number of nitrogens with zero attached hydrogens (tertiary/aromatic N) is 2. The number of aromatic amines is 1. The predicted molar refractivity (Wildman–Crippen MR) is 107 cm³/mol. The second-order valence-corrected chi connectivity index (χ2v) is 6.42. The van der Waals surface area contributed by atoms with Crippen LogP contribution >= 0.6 is 23.2 Å². The lowest BCUT2D eigenvalue weighted by Crippen LogP contribution is -2.18. The van der Waals surface area contributed by atoms with Crippen molar-refractivity contribution in [2.45, 2.75) is 0 Å². The molecule has 7 nitrogen and oxygen atoms in total. The minimum absolute atomic E-state index is 0.235. The molecule has 0 bridgehead atoms. The Balaban J connectivity index is 1.63. The standard InChI is InChI=1S/C19H14Cl2N4O3/c1-28-19(27)12-4-2-11(3-5-12)10-22-25-18(26)17-9-16(23-24-17)13-6-7-14(20)15(21)8-13/h2-10H,1H3,(H,23,24)(H,25,26). The Labute approximate surface area is 170 Å². The van der Waals surface area contributed by atoms with Crippen molar-refractivity contribution in [3.05, 3.63) is 75.4 Å². The SMILES string of the molecule is COC(=O)c1ccc(C=NNC(=O)c2cc(-c3ccc(Cl)c(Cl)c3)n[nH]2)cc1. The first kappa shape index (κ1) is 19.6. The molecule has 0 radical (unpaired) electrons. The van der Waals surface area contributed by atoms with Crippen molar-refractivity contribution in [2.75, 3.05) is 7.11 Å². The summed E-state index contributed by atoms with van der Waals surface area (Å²) in [4.78, 5) is 23.6. The highest BCUT2D eigenvalue weighted by atomic mass is 35.5. The van der Waals surface area contributed by atoms with Crippen LogP contribution in [0.25, 0.3) is 11.3 Å². The molecule has 0 aliphatic carbocycles. The van der Waals surface area contributed by atoms with Crippen LogP contribution in [0.15, 0.2) is 53.6 Å². The van der Waals surface area contributed by atoms with E-state index in [0.717, 1.165) is 5.56 Å². The normalized spacial score (nSPS) is 10.8. The van der Waals surface area contributed by atoms with Crippen LogP contribution in [0.4, 0.5) is 0 Å². The van der Waals surface area contributed by atoms with Gasteiger partial charge in [-0.15, -0.1) is 0 Å². The molecule has 1 aromatic heterocycles. The molecule has 0 atom stereocenters. The number of amides is 1. The lowest BCUT2D eigenvalue weighted by molar-refractivity contribution is 0.0600. The summed E-state index contributed by atoms with van der Waals surface area (Å²) in [5.74, 6) is -0.880. The molecule has 2 N–H and O–H groups in total. The number of hydrogen-bond donors (Lipinski definition) is 2. The molecule has 0 aliphatic rings. The number of esters is 1. The van der Waals surface area contributed by atoms with E-state index in [9.17, 15) is 9.59 Å². The number of carbonyl (C=O) groups excluding carboxylic acids is 2. The summed E-state index contributed by atoms with van der Waals surface area (Å²) in [7, 11) is 1.32. The highest BCUT2D eigenvalue weighted by Crippen LogP contribution is 2.27. The van der Waals surface area contributed by atoms with Gasteiger partial charge in [-0.05, 0) is 35.9 Å². The molecule has 9 heteroatoms. The van der Waals surface area contributed by atoms with Crippen molar-refractivity contribution in [3.8, 4) is 11.3 Å². The van der Waals surface area contributed by atoms with Gasteiger partial charge in [-0.3, -0.25) is 9.89 Å². The minimum atomic E-state index is -0.457. The van der Waals surface area contributed by atoms with Gasteiger partial charge >= 0.3 is 5.97 Å². The van der Waals surface area contributed by atoms with Crippen molar-refractivity contribution >= 4 is 41.3 Å². The molecule has 1 heterocycles. The summed E-state index contributed by atoms with van der Waals surface area (Å²) in [5.41, 5.74) is 5.04. The van der Waals surface area contributed by atoms with E-state index >= 15 is 0 Å². The largest absolute Gasteiger partial charge is 0.465 e. The second kappa shape index (κ2) is 8.69. The van der Waals surface area contributed by atoms with Gasteiger partial charge in [-0.1, -0.05) is 41.4 Å². The first-order valence-corrected chi connectivity index (χ1v) is 8.76. The van der Waals surface area contributed by atoms with E-state index in [-0.39, 0.29) is 5.69 Å². The summed E-state index contributed by atoms with van der Waals surface area (Å²) >= 11 is 11.9. The van der Waals surface area contributed by atoms with Gasteiger partial charge in [0.25, 0.3) is 5.91 Å². The van der Waals surface area contributed by atoms with Crippen molar-refractivity contribution < 1.29 is 14.3 Å². The Morgan fingerprint density at radius 2 is 1.86 bits per heavy atom. The summed E-state index contributed by atoms with van der Waals surface area (Å²) in [6, 6.07) is 13.2. The van der Waals surface area contributed by atoms with Crippen LogP contribution in [0.2, 0.25) is 10.0 Å². The average Bonchev–Trinajstić information content (AvgIpc) is 3.20. The lowest BCUT2D eigenvalue weighted by atomic mass is 10.1. The highest BCUT2D eigenvalue weighted by Gasteiger charge is 2.11. The summed E-state index contributed by atoms with van der Waals surface area (Å²) < 4.78 is 4.63. The van der Waals surface area contributed by atoms with Crippen LogP contribution in [0.1, 0.15) is 26.4 Å². The quantitative estimate of drug-likeness (QED) is 0.374. The highest BCUT2D eigenvalue weighted by molar-refractivity contribution is 6.42. The Morgan fingerprint density at radius 1 is 1.11 bits per heavy atom. The topological polar surface area (TPSA) is 96.4 Å². The summed E-state index contributed by atoms with van der Waals surface area (Å²) in [6.07, 6.45) is 1.45. The lowest BCUT2D eigenvalue weighted by Gasteiger charge is -1.99. The van der Waals surface area contributed by atoms with E-state index in [1.165, 1.54) is 13.3 Å². The number of carbonyl (C=O) groups is 2. The zero-order chi connectivity index (χ0) is 20.1. The molecule has 0 unspecified atom stereocenters. The van der Waals surface area contributed by atoms with Crippen molar-refractivity contribution in [2.24, 2.45) is 5.10 Å². The van der Waals surface area contributed by atoms with Crippen LogP contribution in [0.5, 0.6) is 0 Å². The Bertz CT molecular complexity index is 1050. The third-order valence-corrected chi connectivity index (χ3v) is 4.49. The van der Waals surface area contributed by atoms with Crippen molar-refractivity contribution in [3.63, 3.8) is 0 Å². The number of benzene rings is 2. The third kappa shape index (κ3) is 4.57. The second-order valence-electron chi connectivity index (χ2n) is 5.61. The van der Waals surface area contributed by atoms with E-state index in [4.69, 9.17) is 23.2 Å². The van der Waals surface area contributed by atoms with Crippen molar-refractivity contribution in [1.82, 2.24) is 15.6 Å². The fourth-order valence-corrected chi connectivity index (χ4v) is 2.59. The molecular formula is C19H14Cl2N4O3. The first-order valence-electron chi connectivity index (χ1n) is 8.00. The van der Waals surface area contributed by atoms with Gasteiger partial charge in [0.2, 0.25) is 0 Å². The molecule has 0 fully saturated rings. The number of H-pyrrole nitrogens is 1. The van der Waals surface area contributed by atoms with E-state index in [0.29, 0.717) is 26.9 Å². The third-order valence-electron chi connectivity index (χ3n) is 3.75. The predicted octanol–water partition coefficient (Wildman–Crippen LogP) is 3.93. The maximum absolute atomic E-state index is 12.2. The monoisotopic (exact) mass is 416 g/mol. The Kier molecular flexibility index (Phi) is 6.08. The molecule has 0 aliphatic heterocycles. The molecule has 1 amide bonds. The minimum Gasteiger partial charge on any atom is -0.465 e. The number of hydrazone groups is 1. The van der Waals surface area contributed by atoms with Gasteiger partial charge in [0.15, 0.2) is 0 Å². The Hall–Kier alpha value is -3.16.